The molecular formula is C27H39N5O3. The Kier molecular flexibility index (Phi) is 8.95. The van der Waals surface area contributed by atoms with Crippen molar-refractivity contribution in [2.24, 2.45) is 0 Å². The largest absolute Gasteiger partial charge is 0.497 e. The van der Waals surface area contributed by atoms with Crippen LogP contribution < -0.4 is 19.9 Å². The molecule has 1 aliphatic heterocycles. The molecule has 4 rings (SSSR count). The zero-order valence-corrected chi connectivity index (χ0v) is 21.9. The number of carbonyl (C=O) groups is 1. The molecule has 2 aromatic rings. The molecule has 1 N–H and O–H groups in total. The first-order chi connectivity index (χ1) is 16.9. The maximum absolute atomic E-state index is 13.0. The topological polar surface area (TPSA) is 79.8 Å². The fourth-order valence-electron chi connectivity index (χ4n) is 4.65. The highest BCUT2D eigenvalue weighted by atomic mass is 16.5. The molecule has 2 heterocycles. The molecule has 190 valence electrons. The monoisotopic (exact) mass is 481 g/mol. The molecule has 1 aliphatic carbocycles. The van der Waals surface area contributed by atoms with E-state index in [4.69, 9.17) is 14.5 Å². The summed E-state index contributed by atoms with van der Waals surface area (Å²) in [7, 11) is 5.00. The summed E-state index contributed by atoms with van der Waals surface area (Å²) in [4.78, 5) is 26.3. The third-order valence-electron chi connectivity index (χ3n) is 6.43. The van der Waals surface area contributed by atoms with Crippen LogP contribution in [0.5, 0.6) is 5.75 Å². The van der Waals surface area contributed by atoms with Crippen LogP contribution in [0.2, 0.25) is 0 Å². The Labute approximate surface area is 209 Å². The lowest BCUT2D eigenvalue weighted by Gasteiger charge is -2.43. The molecule has 2 aliphatic rings. The predicted molar refractivity (Wildman–Crippen MR) is 143 cm³/mol. The number of carbonyl (C=O) groups excluding carboxylic acids is 1. The molecule has 8 heteroatoms. The average Bonchev–Trinajstić information content (AvgIpc) is 3.40. The van der Waals surface area contributed by atoms with Crippen molar-refractivity contribution < 1.29 is 14.3 Å². The fraction of sp³-hybridized carbons (Fsp3) is 0.519. The molecule has 0 bridgehead atoms. The lowest BCUT2D eigenvalue weighted by Crippen LogP contribution is -2.55. The van der Waals surface area contributed by atoms with Crippen LogP contribution in [0.4, 0.5) is 23.1 Å². The normalized spacial score (nSPS) is 17.4. The number of nitrogens with zero attached hydrogens (tertiary/aromatic N) is 4. The number of methoxy groups -OCH3 is 2. The molecular weight excluding hydrogens is 442 g/mol. The van der Waals surface area contributed by atoms with E-state index in [9.17, 15) is 4.79 Å². The molecule has 35 heavy (non-hydrogen) atoms. The minimum absolute atomic E-state index is 0.104. The van der Waals surface area contributed by atoms with Crippen molar-refractivity contribution in [3.63, 3.8) is 0 Å². The van der Waals surface area contributed by atoms with E-state index in [1.54, 1.807) is 32.4 Å². The SMILES string of the molecule is C=C(OC)c1ccc(Nc2ncc3c(n2)N(C2CCCC2)[C@H](CC)C(=O)N3C)c(OC)c1.CCC. The van der Waals surface area contributed by atoms with Crippen molar-refractivity contribution in [1.82, 2.24) is 9.97 Å². The van der Waals surface area contributed by atoms with Crippen LogP contribution in [0, 0.1) is 0 Å². The summed E-state index contributed by atoms with van der Waals surface area (Å²) in [5.41, 5.74) is 2.32. The Morgan fingerprint density at radius 2 is 1.89 bits per heavy atom. The fourth-order valence-corrected chi connectivity index (χ4v) is 4.65. The van der Waals surface area contributed by atoms with Gasteiger partial charge in [0.2, 0.25) is 11.9 Å². The molecule has 1 aromatic carbocycles. The van der Waals surface area contributed by atoms with Crippen molar-refractivity contribution in [2.45, 2.75) is 71.4 Å². The van der Waals surface area contributed by atoms with Gasteiger partial charge in [-0.05, 0) is 37.5 Å². The third-order valence-corrected chi connectivity index (χ3v) is 6.43. The van der Waals surface area contributed by atoms with Crippen LogP contribution in [-0.4, -0.2) is 49.2 Å². The van der Waals surface area contributed by atoms with E-state index < -0.39 is 0 Å². The molecule has 1 atom stereocenters. The van der Waals surface area contributed by atoms with Crippen molar-refractivity contribution >= 4 is 34.8 Å². The molecule has 0 unspecified atom stereocenters. The summed E-state index contributed by atoms with van der Waals surface area (Å²) in [6.07, 6.45) is 8.25. The Morgan fingerprint density at radius 1 is 1.20 bits per heavy atom. The Bertz CT molecular complexity index is 1040. The summed E-state index contributed by atoms with van der Waals surface area (Å²) in [5, 5.41) is 3.28. The Balaban J connectivity index is 0.00000108. The van der Waals surface area contributed by atoms with Crippen molar-refractivity contribution in [3.8, 4) is 5.75 Å². The smallest absolute Gasteiger partial charge is 0.249 e. The summed E-state index contributed by atoms with van der Waals surface area (Å²) in [6, 6.07) is 5.77. The molecule has 1 amide bonds. The van der Waals surface area contributed by atoms with Gasteiger partial charge in [0.05, 0.1) is 26.1 Å². The van der Waals surface area contributed by atoms with Gasteiger partial charge in [-0.2, -0.15) is 4.98 Å². The van der Waals surface area contributed by atoms with Crippen LogP contribution in [0.25, 0.3) is 5.76 Å². The highest BCUT2D eigenvalue weighted by molar-refractivity contribution is 6.04. The van der Waals surface area contributed by atoms with E-state index in [2.05, 4.69) is 42.6 Å². The lowest BCUT2D eigenvalue weighted by atomic mass is 10.0. The van der Waals surface area contributed by atoms with Gasteiger partial charge in [-0.1, -0.05) is 46.6 Å². The van der Waals surface area contributed by atoms with Crippen LogP contribution in [0.1, 0.15) is 64.9 Å². The number of fused-ring (bicyclic) bond motifs is 1. The Hall–Kier alpha value is -3.29. The number of benzene rings is 1. The van der Waals surface area contributed by atoms with E-state index in [1.165, 1.54) is 19.3 Å². The molecule has 0 radical (unpaired) electrons. The number of hydrogen-bond donors (Lipinski definition) is 1. The van der Waals surface area contributed by atoms with Crippen LogP contribution in [-0.2, 0) is 9.53 Å². The quantitative estimate of drug-likeness (QED) is 0.503. The maximum atomic E-state index is 13.0. The van der Waals surface area contributed by atoms with E-state index in [1.807, 2.05) is 18.2 Å². The molecule has 1 aromatic heterocycles. The number of aromatic nitrogens is 2. The van der Waals surface area contributed by atoms with Gasteiger partial charge < -0.3 is 24.6 Å². The summed E-state index contributed by atoms with van der Waals surface area (Å²) in [5.74, 6) is 2.57. The van der Waals surface area contributed by atoms with Gasteiger partial charge >= 0.3 is 0 Å². The number of rotatable bonds is 7. The van der Waals surface area contributed by atoms with Crippen molar-refractivity contribution in [2.75, 3.05) is 36.4 Å². The number of anilines is 4. The van der Waals surface area contributed by atoms with E-state index in [0.29, 0.717) is 23.5 Å². The van der Waals surface area contributed by atoms with Gasteiger partial charge in [0.15, 0.2) is 5.82 Å². The number of nitrogens with one attached hydrogen (secondary N) is 1. The lowest BCUT2D eigenvalue weighted by molar-refractivity contribution is -0.120. The zero-order valence-electron chi connectivity index (χ0n) is 21.9. The van der Waals surface area contributed by atoms with E-state index >= 15 is 0 Å². The van der Waals surface area contributed by atoms with Gasteiger partial charge in [-0.25, -0.2) is 4.98 Å². The van der Waals surface area contributed by atoms with Gasteiger partial charge in [0.25, 0.3) is 0 Å². The van der Waals surface area contributed by atoms with E-state index in [0.717, 1.165) is 42.0 Å². The molecule has 0 saturated heterocycles. The minimum atomic E-state index is -0.202. The Morgan fingerprint density at radius 3 is 2.49 bits per heavy atom. The second-order valence-electron chi connectivity index (χ2n) is 8.94. The van der Waals surface area contributed by atoms with E-state index in [-0.39, 0.29) is 11.9 Å². The summed E-state index contributed by atoms with van der Waals surface area (Å²) >= 11 is 0. The van der Waals surface area contributed by atoms with Gasteiger partial charge in [0, 0.05) is 18.7 Å². The molecule has 8 nitrogen and oxygen atoms in total. The second-order valence-corrected chi connectivity index (χ2v) is 8.94. The van der Waals surface area contributed by atoms with Crippen LogP contribution >= 0.6 is 0 Å². The first-order valence-corrected chi connectivity index (χ1v) is 12.5. The van der Waals surface area contributed by atoms with Crippen molar-refractivity contribution in [3.05, 3.63) is 36.5 Å². The van der Waals surface area contributed by atoms with Gasteiger partial charge in [-0.3, -0.25) is 4.79 Å². The number of amides is 1. The van der Waals surface area contributed by atoms with Crippen LogP contribution in [0.15, 0.2) is 31.0 Å². The highest BCUT2D eigenvalue weighted by Crippen LogP contribution is 2.40. The predicted octanol–water partition coefficient (Wildman–Crippen LogP) is 5.77. The molecule has 0 spiro atoms. The maximum Gasteiger partial charge on any atom is 0.249 e. The summed E-state index contributed by atoms with van der Waals surface area (Å²) in [6.45, 7) is 10.2. The molecule has 1 fully saturated rings. The third kappa shape index (κ3) is 5.52. The highest BCUT2D eigenvalue weighted by Gasteiger charge is 2.41. The number of ether oxygens (including phenoxy) is 2. The first kappa shape index (κ1) is 26.3. The summed E-state index contributed by atoms with van der Waals surface area (Å²) < 4.78 is 10.8. The second kappa shape index (κ2) is 11.9. The van der Waals surface area contributed by atoms with Crippen LogP contribution in [0.3, 0.4) is 0 Å². The number of hydrogen-bond acceptors (Lipinski definition) is 7. The first-order valence-electron chi connectivity index (χ1n) is 12.5. The minimum Gasteiger partial charge on any atom is -0.497 e. The van der Waals surface area contributed by atoms with Gasteiger partial charge in [0.1, 0.15) is 23.2 Å². The standard InChI is InChI=1S/C24H31N5O3.C3H8/c1-6-19-23(30)28(3)20-14-25-24(27-22(20)29(19)17-9-7-8-10-17)26-18-12-11-16(15(2)31-4)13-21(18)32-5;1-3-2/h11-14,17,19H,2,6-10H2,1,3-5H3,(H,25,26,27);3H2,1-2H3/t19-;/m1./s1. The average molecular weight is 482 g/mol. The van der Waals surface area contributed by atoms with Gasteiger partial charge in [-0.15, -0.1) is 0 Å². The zero-order chi connectivity index (χ0) is 25.5. The van der Waals surface area contributed by atoms with Crippen molar-refractivity contribution in [1.29, 1.82) is 0 Å². The number of likely N-dealkylation sites (N-methyl/N-ethyl adjacent to an activating group) is 1. The molecule has 1 saturated carbocycles.